The number of phenolic OH excluding ortho intramolecular Hbond substituents is 1. The van der Waals surface area contributed by atoms with Crippen LogP contribution in [0.2, 0.25) is 5.02 Å². The van der Waals surface area contributed by atoms with E-state index in [1.54, 1.807) is 48.5 Å². The highest BCUT2D eigenvalue weighted by Crippen LogP contribution is 2.65. The van der Waals surface area contributed by atoms with Crippen molar-refractivity contribution in [3.63, 3.8) is 0 Å². The van der Waals surface area contributed by atoms with E-state index in [0.29, 0.717) is 21.8 Å². The summed E-state index contributed by atoms with van der Waals surface area (Å²) in [6.07, 6.45) is 2.36. The van der Waals surface area contributed by atoms with Gasteiger partial charge in [0, 0.05) is 21.4 Å². The van der Waals surface area contributed by atoms with Gasteiger partial charge in [-0.1, -0.05) is 59.6 Å². The number of phenols is 1. The highest BCUT2D eigenvalue weighted by Gasteiger charge is 2.70. The van der Waals surface area contributed by atoms with Crippen molar-refractivity contribution in [2.75, 3.05) is 5.43 Å². The maximum absolute atomic E-state index is 15.1. The van der Waals surface area contributed by atoms with E-state index < -0.39 is 52.6 Å². The number of hydrogen-bond donors (Lipinski definition) is 2. The van der Waals surface area contributed by atoms with Crippen molar-refractivity contribution in [2.45, 2.75) is 30.7 Å². The van der Waals surface area contributed by atoms with Crippen molar-refractivity contribution in [1.82, 2.24) is 9.91 Å². The van der Waals surface area contributed by atoms with Crippen molar-refractivity contribution in [2.24, 2.45) is 23.7 Å². The quantitative estimate of drug-likeness (QED) is 0.180. The number of rotatable bonds is 6. The van der Waals surface area contributed by atoms with Crippen LogP contribution in [-0.4, -0.2) is 38.6 Å². The van der Waals surface area contributed by atoms with Gasteiger partial charge in [-0.05, 0) is 78.2 Å². The van der Waals surface area contributed by atoms with Crippen LogP contribution in [0.25, 0.3) is 0 Å². The number of fused-ring (bicyclic) bond motifs is 4. The van der Waals surface area contributed by atoms with Crippen LogP contribution >= 0.6 is 22.9 Å². The lowest BCUT2D eigenvalue weighted by atomic mass is 9.49. The first-order valence-corrected chi connectivity index (χ1v) is 17.0. The monoisotopic (exact) mass is 681 g/mol. The topological polar surface area (TPSA) is 107 Å². The van der Waals surface area contributed by atoms with Gasteiger partial charge in [-0.15, -0.1) is 11.3 Å². The molecule has 0 radical (unpaired) electrons. The molecule has 3 heterocycles. The molecule has 0 bridgehead atoms. The van der Waals surface area contributed by atoms with Gasteiger partial charge in [0.1, 0.15) is 11.6 Å². The van der Waals surface area contributed by atoms with Gasteiger partial charge in [0.15, 0.2) is 0 Å². The molecule has 1 aromatic heterocycles. The maximum atomic E-state index is 15.1. The third kappa shape index (κ3) is 4.46. The molecule has 6 unspecified atom stereocenters. The van der Waals surface area contributed by atoms with E-state index >= 15 is 4.79 Å². The lowest BCUT2D eigenvalue weighted by Crippen LogP contribution is -2.53. The van der Waals surface area contributed by atoms with Crippen molar-refractivity contribution < 1.29 is 28.7 Å². The highest BCUT2D eigenvalue weighted by molar-refractivity contribution is 7.09. The molecule has 242 valence electrons. The van der Waals surface area contributed by atoms with Crippen LogP contribution in [0.15, 0.2) is 102 Å². The number of halogens is 2. The smallest absolute Gasteiger partial charge is 0.260 e. The van der Waals surface area contributed by atoms with Crippen LogP contribution in [0.4, 0.5) is 10.1 Å². The van der Waals surface area contributed by atoms with E-state index in [9.17, 15) is 23.9 Å². The van der Waals surface area contributed by atoms with Gasteiger partial charge in [0.25, 0.3) is 11.8 Å². The fourth-order valence-corrected chi connectivity index (χ4v) is 9.33. The second-order valence-corrected chi connectivity index (χ2v) is 14.2. The molecule has 2 aliphatic carbocycles. The summed E-state index contributed by atoms with van der Waals surface area (Å²) in [5.41, 5.74) is 3.41. The fourth-order valence-electron chi connectivity index (χ4n) is 8.51. The summed E-state index contributed by atoms with van der Waals surface area (Å²) in [7, 11) is 0. The van der Waals surface area contributed by atoms with Crippen molar-refractivity contribution in [1.29, 1.82) is 0 Å². The second-order valence-electron chi connectivity index (χ2n) is 12.8. The Morgan fingerprint density at radius 3 is 2.35 bits per heavy atom. The molecular weight excluding hydrogens is 653 g/mol. The van der Waals surface area contributed by atoms with Crippen LogP contribution in [0.1, 0.15) is 34.8 Å². The number of para-hydroxylation sites is 1. The molecule has 3 fully saturated rings. The standard InChI is InChI=1S/C37H29ClFN3O5S/c38-21-9-7-20(8-10-21)37-29(34(45)42(36(37)47)40-23-13-11-22(39)12-14-23)18-28-25(32(37)26-5-1-2-6-30(26)43)15-16-27-31(28)35(46)41(33(27)44)19-24-4-3-17-48-24/h1-15,17,27-29,31-32,40,43H,16,18-19H2. The highest BCUT2D eigenvalue weighted by atomic mass is 35.5. The number of carbonyl (C=O) groups is 4. The van der Waals surface area contributed by atoms with Crippen LogP contribution < -0.4 is 5.43 Å². The zero-order chi connectivity index (χ0) is 33.3. The molecule has 8 nitrogen and oxygen atoms in total. The Balaban J connectivity index is 1.31. The van der Waals surface area contributed by atoms with Gasteiger partial charge < -0.3 is 5.11 Å². The number of imide groups is 2. The first kappa shape index (κ1) is 30.5. The van der Waals surface area contributed by atoms with Gasteiger partial charge in [-0.3, -0.25) is 29.5 Å². The lowest BCUT2D eigenvalue weighted by molar-refractivity contribution is -0.141. The van der Waals surface area contributed by atoms with Gasteiger partial charge in [0.05, 0.1) is 35.4 Å². The van der Waals surface area contributed by atoms with Crippen LogP contribution in [-0.2, 0) is 31.1 Å². The summed E-state index contributed by atoms with van der Waals surface area (Å²) in [5.74, 6) is -5.86. The minimum atomic E-state index is -1.55. The van der Waals surface area contributed by atoms with Gasteiger partial charge >= 0.3 is 0 Å². The number of allylic oxidation sites excluding steroid dienone is 2. The van der Waals surface area contributed by atoms with Gasteiger partial charge in [-0.2, -0.15) is 5.01 Å². The number of nitrogens with zero attached hydrogens (tertiary/aromatic N) is 2. The Hall–Kier alpha value is -4.80. The Labute approximate surface area is 284 Å². The normalized spacial score (nSPS) is 27.9. The van der Waals surface area contributed by atoms with E-state index in [2.05, 4.69) is 5.43 Å². The Morgan fingerprint density at radius 1 is 0.896 bits per heavy atom. The summed E-state index contributed by atoms with van der Waals surface area (Å²) in [4.78, 5) is 59.9. The van der Waals surface area contributed by atoms with E-state index in [1.165, 1.54) is 40.5 Å². The number of anilines is 1. The molecule has 1 saturated carbocycles. The molecule has 8 rings (SSSR count). The van der Waals surface area contributed by atoms with Crippen molar-refractivity contribution >= 4 is 52.3 Å². The molecule has 6 atom stereocenters. The Kier molecular flexibility index (Phi) is 7.26. The Morgan fingerprint density at radius 2 is 1.65 bits per heavy atom. The molecule has 2 saturated heterocycles. The summed E-state index contributed by atoms with van der Waals surface area (Å²) < 4.78 is 13.8. The maximum Gasteiger partial charge on any atom is 0.260 e. The lowest BCUT2D eigenvalue weighted by Gasteiger charge is -2.50. The molecule has 4 amide bonds. The van der Waals surface area contributed by atoms with Crippen molar-refractivity contribution in [3.8, 4) is 5.75 Å². The van der Waals surface area contributed by atoms with E-state index in [1.807, 2.05) is 23.6 Å². The molecule has 2 N–H and O–H groups in total. The molecule has 3 aromatic carbocycles. The van der Waals surface area contributed by atoms with E-state index in [0.717, 1.165) is 15.5 Å². The minimum Gasteiger partial charge on any atom is -0.508 e. The number of likely N-dealkylation sites (tertiary alicyclic amines) is 1. The van der Waals surface area contributed by atoms with Crippen LogP contribution in [0.5, 0.6) is 5.75 Å². The number of carbonyl (C=O) groups excluding carboxylic acids is 4. The van der Waals surface area contributed by atoms with E-state index in [4.69, 9.17) is 11.6 Å². The molecule has 4 aliphatic rings. The molecule has 11 heteroatoms. The van der Waals surface area contributed by atoms with Crippen LogP contribution in [0.3, 0.4) is 0 Å². The van der Waals surface area contributed by atoms with E-state index in [-0.39, 0.29) is 37.0 Å². The average Bonchev–Trinajstić information content (AvgIpc) is 3.75. The number of amides is 4. The number of thiophene rings is 1. The second kappa shape index (κ2) is 11.4. The molecule has 4 aromatic rings. The Bertz CT molecular complexity index is 2000. The van der Waals surface area contributed by atoms with Crippen LogP contribution in [0, 0.1) is 29.5 Å². The molecule has 2 aliphatic heterocycles. The van der Waals surface area contributed by atoms with Gasteiger partial charge in [0.2, 0.25) is 11.8 Å². The number of nitrogens with one attached hydrogen (secondary N) is 1. The molecule has 48 heavy (non-hydrogen) atoms. The number of aromatic hydroxyl groups is 1. The average molecular weight is 682 g/mol. The summed E-state index contributed by atoms with van der Waals surface area (Å²) >= 11 is 7.79. The third-order valence-electron chi connectivity index (χ3n) is 10.5. The third-order valence-corrected chi connectivity index (χ3v) is 11.6. The number of hydrazine groups is 1. The zero-order valence-corrected chi connectivity index (χ0v) is 27.0. The zero-order valence-electron chi connectivity index (χ0n) is 25.4. The van der Waals surface area contributed by atoms with Gasteiger partial charge in [-0.25, -0.2) is 4.39 Å². The first-order valence-electron chi connectivity index (χ1n) is 15.7. The first-order chi connectivity index (χ1) is 23.2. The largest absolute Gasteiger partial charge is 0.508 e. The molecule has 0 spiro atoms. The predicted octanol–water partition coefficient (Wildman–Crippen LogP) is 6.43. The van der Waals surface area contributed by atoms with Crippen molar-refractivity contribution in [3.05, 3.63) is 129 Å². The SMILES string of the molecule is O=C1C2CC=C3C(CC4C(=O)N(Nc5ccc(F)cc5)C(=O)C4(c4ccc(Cl)cc4)C3c3ccccc3O)C2C(=O)N1Cc1cccs1. The summed E-state index contributed by atoms with van der Waals surface area (Å²) in [6, 6.07) is 22.6. The molecular formula is C37H29ClFN3O5S. The fraction of sp³-hybridized carbons (Fsp3) is 0.243. The predicted molar refractivity (Wildman–Crippen MR) is 177 cm³/mol. The number of benzene rings is 3. The summed E-state index contributed by atoms with van der Waals surface area (Å²) in [6.45, 7) is 0.179. The number of hydrogen-bond acceptors (Lipinski definition) is 7. The minimum absolute atomic E-state index is 0.0587. The summed E-state index contributed by atoms with van der Waals surface area (Å²) in [5, 5.41) is 14.7.